The van der Waals surface area contributed by atoms with Gasteiger partial charge in [0.25, 0.3) is 0 Å². The van der Waals surface area contributed by atoms with Crippen molar-refractivity contribution in [1.82, 2.24) is 5.32 Å². The number of carbonyl (C=O) groups is 1. The minimum atomic E-state index is 0.202. The molecule has 1 saturated carbocycles. The van der Waals surface area contributed by atoms with E-state index in [1.807, 2.05) is 6.07 Å². The van der Waals surface area contributed by atoms with Crippen molar-refractivity contribution in [3.05, 3.63) is 29.3 Å². The van der Waals surface area contributed by atoms with E-state index in [1.54, 1.807) is 7.11 Å². The molecule has 1 atom stereocenters. The van der Waals surface area contributed by atoms with Crippen molar-refractivity contribution in [1.29, 1.82) is 0 Å². The number of nitrogens with one attached hydrogen (secondary N) is 1. The van der Waals surface area contributed by atoms with Gasteiger partial charge in [-0.3, -0.25) is 4.79 Å². The Morgan fingerprint density at radius 2 is 2.17 bits per heavy atom. The maximum Gasteiger partial charge on any atom is 0.223 e. The Hall–Kier alpha value is -1.51. The maximum absolute atomic E-state index is 11.9. The Morgan fingerprint density at radius 3 is 2.89 bits per heavy atom. The lowest BCUT2D eigenvalue weighted by Crippen LogP contribution is -2.31. The van der Waals surface area contributed by atoms with E-state index in [0.717, 1.165) is 37.9 Å². The van der Waals surface area contributed by atoms with E-state index in [4.69, 9.17) is 4.74 Å². The number of methoxy groups -OCH3 is 1. The highest BCUT2D eigenvalue weighted by atomic mass is 16.5. The lowest BCUT2D eigenvalue weighted by Gasteiger charge is -2.26. The number of fused-ring (bicyclic) bond motifs is 1. The summed E-state index contributed by atoms with van der Waals surface area (Å²) in [6.07, 6.45) is 5.40. The Kier molecular flexibility index (Phi) is 2.98. The maximum atomic E-state index is 11.9. The third-order valence-electron chi connectivity index (χ3n) is 3.93. The minimum absolute atomic E-state index is 0.202. The molecule has 1 N–H and O–H groups in total. The number of ether oxygens (including phenoxy) is 1. The van der Waals surface area contributed by atoms with Crippen LogP contribution in [-0.4, -0.2) is 13.0 Å². The topological polar surface area (TPSA) is 38.3 Å². The minimum Gasteiger partial charge on any atom is -0.497 e. The first-order valence-electron chi connectivity index (χ1n) is 6.75. The predicted molar refractivity (Wildman–Crippen MR) is 69.5 cm³/mol. The molecule has 18 heavy (non-hydrogen) atoms. The summed E-state index contributed by atoms with van der Waals surface area (Å²) < 4.78 is 5.26. The number of benzene rings is 1. The molecule has 1 unspecified atom stereocenters. The second kappa shape index (κ2) is 4.63. The quantitative estimate of drug-likeness (QED) is 0.889. The van der Waals surface area contributed by atoms with Crippen molar-refractivity contribution >= 4 is 5.91 Å². The molecule has 0 bridgehead atoms. The number of aryl methyl sites for hydroxylation is 1. The van der Waals surface area contributed by atoms with Crippen molar-refractivity contribution in [2.45, 2.75) is 38.1 Å². The van der Waals surface area contributed by atoms with Crippen LogP contribution < -0.4 is 10.1 Å². The van der Waals surface area contributed by atoms with Crippen LogP contribution in [-0.2, 0) is 11.2 Å². The fourth-order valence-electron chi connectivity index (χ4n) is 2.70. The summed E-state index contributed by atoms with van der Waals surface area (Å²) in [5.74, 6) is 1.43. The van der Waals surface area contributed by atoms with E-state index in [-0.39, 0.29) is 17.9 Å². The van der Waals surface area contributed by atoms with Crippen LogP contribution in [0.25, 0.3) is 0 Å². The zero-order valence-electron chi connectivity index (χ0n) is 10.7. The Balaban J connectivity index is 1.80. The standard InChI is InChI=1S/C15H19NO2/c1-18-12-7-8-13-11(9-12)3-2-4-14(13)16-15(17)10-5-6-10/h7-10,14H,2-6H2,1H3,(H,16,17). The molecular formula is C15H19NO2. The fourth-order valence-corrected chi connectivity index (χ4v) is 2.70. The molecule has 2 aliphatic rings. The summed E-state index contributed by atoms with van der Waals surface area (Å²) in [5.41, 5.74) is 2.60. The third-order valence-corrected chi connectivity index (χ3v) is 3.93. The number of amides is 1. The number of carbonyl (C=O) groups excluding carboxylic acids is 1. The normalized spacial score (nSPS) is 22.2. The highest BCUT2D eigenvalue weighted by Crippen LogP contribution is 2.34. The fraction of sp³-hybridized carbons (Fsp3) is 0.533. The van der Waals surface area contributed by atoms with Gasteiger partial charge in [0.2, 0.25) is 5.91 Å². The van der Waals surface area contributed by atoms with Crippen molar-refractivity contribution in [3.63, 3.8) is 0 Å². The molecule has 1 aromatic rings. The second-order valence-electron chi connectivity index (χ2n) is 5.29. The molecule has 1 aromatic carbocycles. The van der Waals surface area contributed by atoms with Gasteiger partial charge in [0.05, 0.1) is 13.2 Å². The van der Waals surface area contributed by atoms with Gasteiger partial charge in [-0.05, 0) is 55.4 Å². The molecule has 0 aliphatic heterocycles. The number of hydrogen-bond donors (Lipinski definition) is 1. The van der Waals surface area contributed by atoms with Gasteiger partial charge in [-0.2, -0.15) is 0 Å². The van der Waals surface area contributed by atoms with E-state index in [9.17, 15) is 4.79 Å². The second-order valence-corrected chi connectivity index (χ2v) is 5.29. The lowest BCUT2D eigenvalue weighted by molar-refractivity contribution is -0.123. The van der Waals surface area contributed by atoms with Gasteiger partial charge in [0, 0.05) is 5.92 Å². The average Bonchev–Trinajstić information content (AvgIpc) is 3.22. The SMILES string of the molecule is COc1ccc2c(c1)CCCC2NC(=O)C1CC1. The predicted octanol–water partition coefficient (Wildman–Crippen LogP) is 2.60. The Morgan fingerprint density at radius 1 is 1.33 bits per heavy atom. The van der Waals surface area contributed by atoms with E-state index >= 15 is 0 Å². The van der Waals surface area contributed by atoms with Gasteiger partial charge in [0.15, 0.2) is 0 Å². The zero-order valence-corrected chi connectivity index (χ0v) is 10.7. The molecule has 0 radical (unpaired) electrons. The molecule has 0 spiro atoms. The monoisotopic (exact) mass is 245 g/mol. The van der Waals surface area contributed by atoms with E-state index < -0.39 is 0 Å². The van der Waals surface area contributed by atoms with Crippen molar-refractivity contribution in [2.75, 3.05) is 7.11 Å². The molecule has 3 heteroatoms. The van der Waals surface area contributed by atoms with Crippen molar-refractivity contribution in [2.24, 2.45) is 5.92 Å². The summed E-state index contributed by atoms with van der Waals surface area (Å²) in [6, 6.07) is 6.39. The molecule has 0 saturated heterocycles. The van der Waals surface area contributed by atoms with E-state index in [2.05, 4.69) is 17.4 Å². The molecule has 1 amide bonds. The number of hydrogen-bond acceptors (Lipinski definition) is 2. The first-order chi connectivity index (χ1) is 8.78. The summed E-state index contributed by atoms with van der Waals surface area (Å²) in [4.78, 5) is 11.9. The molecular weight excluding hydrogens is 226 g/mol. The van der Waals surface area contributed by atoms with E-state index in [0.29, 0.717) is 0 Å². The lowest BCUT2D eigenvalue weighted by atomic mass is 9.87. The number of rotatable bonds is 3. The van der Waals surface area contributed by atoms with Crippen molar-refractivity contribution < 1.29 is 9.53 Å². The summed E-state index contributed by atoms with van der Waals surface area (Å²) >= 11 is 0. The van der Waals surface area contributed by atoms with Gasteiger partial charge in [-0.1, -0.05) is 6.07 Å². The van der Waals surface area contributed by atoms with Gasteiger partial charge in [0.1, 0.15) is 5.75 Å². The van der Waals surface area contributed by atoms with Crippen LogP contribution >= 0.6 is 0 Å². The summed E-state index contributed by atoms with van der Waals surface area (Å²) in [5, 5.41) is 3.19. The average molecular weight is 245 g/mol. The van der Waals surface area contributed by atoms with Crippen LogP contribution in [0.1, 0.15) is 42.9 Å². The zero-order chi connectivity index (χ0) is 12.5. The molecule has 96 valence electrons. The molecule has 0 heterocycles. The van der Waals surface area contributed by atoms with E-state index in [1.165, 1.54) is 11.1 Å². The molecule has 3 nitrogen and oxygen atoms in total. The highest BCUT2D eigenvalue weighted by molar-refractivity contribution is 5.81. The van der Waals surface area contributed by atoms with Crippen molar-refractivity contribution in [3.8, 4) is 5.75 Å². The van der Waals surface area contributed by atoms with Gasteiger partial charge < -0.3 is 10.1 Å². The van der Waals surface area contributed by atoms with Crippen LogP contribution in [0.4, 0.5) is 0 Å². The van der Waals surface area contributed by atoms with Gasteiger partial charge in [-0.15, -0.1) is 0 Å². The van der Waals surface area contributed by atoms with Crippen LogP contribution in [0.2, 0.25) is 0 Å². The first-order valence-corrected chi connectivity index (χ1v) is 6.75. The smallest absolute Gasteiger partial charge is 0.223 e. The summed E-state index contributed by atoms with van der Waals surface area (Å²) in [7, 11) is 1.69. The third kappa shape index (κ3) is 2.22. The van der Waals surface area contributed by atoms with Crippen LogP contribution in [0, 0.1) is 5.92 Å². The van der Waals surface area contributed by atoms with Crippen LogP contribution in [0.15, 0.2) is 18.2 Å². The largest absolute Gasteiger partial charge is 0.497 e. The molecule has 2 aliphatic carbocycles. The molecule has 3 rings (SSSR count). The van der Waals surface area contributed by atoms with Gasteiger partial charge in [-0.25, -0.2) is 0 Å². The Labute approximate surface area is 108 Å². The van der Waals surface area contributed by atoms with Crippen LogP contribution in [0.5, 0.6) is 5.75 Å². The summed E-state index contributed by atoms with van der Waals surface area (Å²) in [6.45, 7) is 0. The molecule has 1 fully saturated rings. The highest BCUT2D eigenvalue weighted by Gasteiger charge is 2.32. The van der Waals surface area contributed by atoms with Gasteiger partial charge >= 0.3 is 0 Å². The molecule has 0 aromatic heterocycles. The Bertz CT molecular complexity index is 466. The first kappa shape index (κ1) is 11.6. The van der Waals surface area contributed by atoms with Crippen LogP contribution in [0.3, 0.4) is 0 Å².